The first-order valence-electron chi connectivity index (χ1n) is 6.15. The van der Waals surface area contributed by atoms with Gasteiger partial charge in [-0.05, 0) is 6.07 Å². The predicted octanol–water partition coefficient (Wildman–Crippen LogP) is 1.36. The molecule has 0 atom stereocenters. The van der Waals surface area contributed by atoms with Crippen molar-refractivity contribution in [3.8, 4) is 0 Å². The number of nitrogens with zero attached hydrogens (tertiary/aromatic N) is 3. The molecule has 2 heterocycles. The van der Waals surface area contributed by atoms with Gasteiger partial charge in [-0.25, -0.2) is 0 Å². The van der Waals surface area contributed by atoms with Gasteiger partial charge in [0.15, 0.2) is 0 Å². The van der Waals surface area contributed by atoms with Gasteiger partial charge in [-0.1, -0.05) is 12.1 Å². The maximum absolute atomic E-state index is 8.84. The van der Waals surface area contributed by atoms with Crippen LogP contribution in [0.2, 0.25) is 0 Å². The fourth-order valence-corrected chi connectivity index (χ4v) is 2.04. The highest BCUT2D eigenvalue weighted by Gasteiger charge is 2.03. The minimum absolute atomic E-state index is 0.0992. The number of fused-ring (bicyclic) bond motifs is 1. The molecule has 0 saturated carbocycles. The number of benzene rings is 1. The number of H-pyrrole nitrogens is 1. The van der Waals surface area contributed by atoms with Gasteiger partial charge in [-0.3, -0.25) is 9.78 Å². The molecule has 0 aliphatic rings. The third-order valence-corrected chi connectivity index (χ3v) is 2.98. The van der Waals surface area contributed by atoms with Crippen LogP contribution >= 0.6 is 0 Å². The van der Waals surface area contributed by atoms with Gasteiger partial charge in [-0.15, -0.1) is 0 Å². The lowest BCUT2D eigenvalue weighted by Gasteiger charge is -2.05. The molecule has 6 nitrogen and oxygen atoms in total. The Labute approximate surface area is 110 Å². The number of aliphatic hydroxyl groups excluding tert-OH is 1. The summed E-state index contributed by atoms with van der Waals surface area (Å²) in [4.78, 5) is 0. The quantitative estimate of drug-likeness (QED) is 0.645. The zero-order chi connectivity index (χ0) is 13.1. The summed E-state index contributed by atoms with van der Waals surface area (Å²) in [5.41, 5.74) is 3.10. The zero-order valence-corrected chi connectivity index (χ0v) is 10.4. The van der Waals surface area contributed by atoms with E-state index in [-0.39, 0.29) is 6.61 Å². The van der Waals surface area contributed by atoms with Crippen molar-refractivity contribution in [3.05, 3.63) is 42.4 Å². The minimum Gasteiger partial charge on any atom is -0.394 e. The molecular weight excluding hydrogens is 242 g/mol. The van der Waals surface area contributed by atoms with E-state index in [2.05, 4.69) is 20.6 Å². The highest BCUT2D eigenvalue weighted by Crippen LogP contribution is 2.20. The molecule has 3 aromatic rings. The van der Waals surface area contributed by atoms with Crippen molar-refractivity contribution in [1.82, 2.24) is 20.0 Å². The monoisotopic (exact) mass is 257 g/mol. The summed E-state index contributed by atoms with van der Waals surface area (Å²) in [6, 6.07) is 6.03. The smallest absolute Gasteiger partial charge is 0.0881 e. The molecule has 6 heteroatoms. The third-order valence-electron chi connectivity index (χ3n) is 2.98. The molecule has 0 saturated heterocycles. The van der Waals surface area contributed by atoms with Gasteiger partial charge < -0.3 is 10.4 Å². The van der Waals surface area contributed by atoms with E-state index in [1.54, 1.807) is 17.1 Å². The van der Waals surface area contributed by atoms with Crippen LogP contribution in [0.15, 0.2) is 36.8 Å². The van der Waals surface area contributed by atoms with E-state index in [9.17, 15) is 0 Å². The van der Waals surface area contributed by atoms with Crippen molar-refractivity contribution < 1.29 is 5.11 Å². The molecule has 0 aliphatic heterocycles. The molecule has 0 bridgehead atoms. The predicted molar refractivity (Wildman–Crippen MR) is 72.7 cm³/mol. The molecule has 0 spiro atoms. The molecule has 3 rings (SSSR count). The first-order valence-corrected chi connectivity index (χ1v) is 6.15. The number of aromatic nitrogens is 4. The number of aliphatic hydroxyl groups is 1. The maximum atomic E-state index is 8.84. The Hall–Kier alpha value is -2.34. The lowest BCUT2D eigenvalue weighted by atomic mass is 10.2. The second-order valence-corrected chi connectivity index (χ2v) is 4.33. The number of rotatable bonds is 5. The maximum Gasteiger partial charge on any atom is 0.0881 e. The average Bonchev–Trinajstić information content (AvgIpc) is 3.05. The first-order chi connectivity index (χ1) is 9.36. The van der Waals surface area contributed by atoms with E-state index < -0.39 is 0 Å². The van der Waals surface area contributed by atoms with Crippen molar-refractivity contribution in [2.45, 2.75) is 13.1 Å². The minimum atomic E-state index is 0.0992. The van der Waals surface area contributed by atoms with Gasteiger partial charge >= 0.3 is 0 Å². The van der Waals surface area contributed by atoms with Crippen LogP contribution in [0.25, 0.3) is 10.9 Å². The Morgan fingerprint density at radius 3 is 3.16 bits per heavy atom. The van der Waals surface area contributed by atoms with Gasteiger partial charge in [0.1, 0.15) is 0 Å². The molecule has 0 fully saturated rings. The van der Waals surface area contributed by atoms with E-state index >= 15 is 0 Å². The standard InChI is InChI=1S/C13H15N5O/c19-5-4-18-9-10(7-16-18)6-14-12-3-1-2-11-8-15-17-13(11)12/h1-3,7-9,14,19H,4-6H2,(H,15,17). The van der Waals surface area contributed by atoms with Crippen molar-refractivity contribution in [1.29, 1.82) is 0 Å². The second kappa shape index (κ2) is 5.11. The molecule has 0 aliphatic carbocycles. The van der Waals surface area contributed by atoms with E-state index in [0.717, 1.165) is 22.2 Å². The number of anilines is 1. The molecular formula is C13H15N5O. The molecule has 98 valence electrons. The van der Waals surface area contributed by atoms with Crippen molar-refractivity contribution in [2.75, 3.05) is 11.9 Å². The van der Waals surface area contributed by atoms with Crippen LogP contribution in [0.5, 0.6) is 0 Å². The summed E-state index contributed by atoms with van der Waals surface area (Å²) in [7, 11) is 0. The van der Waals surface area contributed by atoms with Crippen LogP contribution < -0.4 is 5.32 Å². The third kappa shape index (κ3) is 2.43. The summed E-state index contributed by atoms with van der Waals surface area (Å²) in [6.07, 6.45) is 5.53. The van der Waals surface area contributed by atoms with E-state index in [1.165, 1.54) is 0 Å². The molecule has 2 aromatic heterocycles. The number of hydrogen-bond donors (Lipinski definition) is 3. The van der Waals surface area contributed by atoms with Gasteiger partial charge in [0.05, 0.1) is 36.7 Å². The molecule has 0 radical (unpaired) electrons. The van der Waals surface area contributed by atoms with Crippen LogP contribution in [0.1, 0.15) is 5.56 Å². The van der Waals surface area contributed by atoms with E-state index in [4.69, 9.17) is 5.11 Å². The molecule has 19 heavy (non-hydrogen) atoms. The van der Waals surface area contributed by atoms with Crippen LogP contribution in [0, 0.1) is 0 Å². The fourth-order valence-electron chi connectivity index (χ4n) is 2.04. The number of nitrogens with one attached hydrogen (secondary N) is 2. The van der Waals surface area contributed by atoms with Gasteiger partial charge in [-0.2, -0.15) is 10.2 Å². The largest absolute Gasteiger partial charge is 0.394 e. The molecule has 1 aromatic carbocycles. The van der Waals surface area contributed by atoms with E-state index in [1.807, 2.05) is 24.4 Å². The van der Waals surface area contributed by atoms with Crippen LogP contribution in [-0.4, -0.2) is 31.7 Å². The summed E-state index contributed by atoms with van der Waals surface area (Å²) in [5.74, 6) is 0. The molecule has 0 unspecified atom stereocenters. The highest BCUT2D eigenvalue weighted by atomic mass is 16.3. The molecule has 0 amide bonds. The Bertz CT molecular complexity index is 672. The van der Waals surface area contributed by atoms with Crippen molar-refractivity contribution >= 4 is 16.6 Å². The van der Waals surface area contributed by atoms with Crippen molar-refractivity contribution in [3.63, 3.8) is 0 Å². The summed E-state index contributed by atoms with van der Waals surface area (Å²) >= 11 is 0. The molecule has 3 N–H and O–H groups in total. The highest BCUT2D eigenvalue weighted by molar-refractivity contribution is 5.89. The topological polar surface area (TPSA) is 78.8 Å². The summed E-state index contributed by atoms with van der Waals surface area (Å²) in [6.45, 7) is 1.31. The van der Waals surface area contributed by atoms with Crippen LogP contribution in [-0.2, 0) is 13.1 Å². The number of aromatic amines is 1. The Morgan fingerprint density at radius 1 is 1.32 bits per heavy atom. The number of para-hydroxylation sites is 1. The fraction of sp³-hybridized carbons (Fsp3) is 0.231. The Kier molecular flexibility index (Phi) is 3.16. The van der Waals surface area contributed by atoms with Gasteiger partial charge in [0.25, 0.3) is 0 Å². The van der Waals surface area contributed by atoms with Crippen LogP contribution in [0.4, 0.5) is 5.69 Å². The first kappa shape index (κ1) is 11.7. The lowest BCUT2D eigenvalue weighted by Crippen LogP contribution is -2.02. The van der Waals surface area contributed by atoms with Crippen LogP contribution in [0.3, 0.4) is 0 Å². The van der Waals surface area contributed by atoms with E-state index in [0.29, 0.717) is 13.1 Å². The number of hydrogen-bond acceptors (Lipinski definition) is 4. The summed E-state index contributed by atoms with van der Waals surface area (Å²) in [5, 5.41) is 24.5. The second-order valence-electron chi connectivity index (χ2n) is 4.33. The normalized spacial score (nSPS) is 11.0. The van der Waals surface area contributed by atoms with Gasteiger partial charge in [0.2, 0.25) is 0 Å². The Morgan fingerprint density at radius 2 is 2.26 bits per heavy atom. The zero-order valence-electron chi connectivity index (χ0n) is 10.4. The summed E-state index contributed by atoms with van der Waals surface area (Å²) < 4.78 is 1.73. The van der Waals surface area contributed by atoms with Gasteiger partial charge in [0, 0.05) is 23.7 Å². The average molecular weight is 257 g/mol. The Balaban J connectivity index is 1.73. The lowest BCUT2D eigenvalue weighted by molar-refractivity contribution is 0.269. The van der Waals surface area contributed by atoms with Crippen molar-refractivity contribution in [2.24, 2.45) is 0 Å². The SMILES string of the molecule is OCCn1cc(CNc2cccc3cn[nH]c23)cn1.